The number of benzene rings is 5. The van der Waals surface area contributed by atoms with Gasteiger partial charge in [0.1, 0.15) is 88.3 Å². The molecule has 5 aromatic heterocycles. The van der Waals surface area contributed by atoms with Crippen molar-refractivity contribution in [2.75, 3.05) is 157 Å². The molecule has 6 fully saturated rings. The van der Waals surface area contributed by atoms with E-state index in [9.17, 15) is 0 Å². The lowest BCUT2D eigenvalue weighted by Crippen LogP contribution is -2.45. The van der Waals surface area contributed by atoms with Crippen LogP contribution in [0.4, 0.5) is 29.1 Å². The van der Waals surface area contributed by atoms with E-state index in [4.69, 9.17) is 71.1 Å². The van der Waals surface area contributed by atoms with Gasteiger partial charge in [0, 0.05) is 74.1 Å². The molecule has 111 heavy (non-hydrogen) atoms. The topological polar surface area (TPSA) is 310 Å². The van der Waals surface area contributed by atoms with Crippen LogP contribution in [0.25, 0.3) is 54.5 Å². The van der Waals surface area contributed by atoms with Gasteiger partial charge in [-0.1, -0.05) is 6.92 Å². The van der Waals surface area contributed by atoms with E-state index in [1.165, 1.54) is 19.2 Å². The van der Waals surface area contributed by atoms with Crippen LogP contribution in [0.3, 0.4) is 0 Å². The third-order valence-electron chi connectivity index (χ3n) is 21.9. The Morgan fingerprint density at radius 1 is 0.432 bits per heavy atom. The van der Waals surface area contributed by atoms with Gasteiger partial charge in [0.05, 0.1) is 131 Å². The van der Waals surface area contributed by atoms with Crippen LogP contribution in [0, 0.1) is 5.92 Å². The van der Waals surface area contributed by atoms with Crippen LogP contribution in [-0.4, -0.2) is 228 Å². The maximum absolute atomic E-state index is 5.90. The lowest BCUT2D eigenvalue weighted by atomic mass is 9.95. The number of anilines is 5. The lowest BCUT2D eigenvalue weighted by Gasteiger charge is -2.35. The van der Waals surface area contributed by atoms with Crippen molar-refractivity contribution in [3.05, 3.63) is 92.3 Å². The van der Waals surface area contributed by atoms with Crippen molar-refractivity contribution in [2.45, 2.75) is 133 Å². The maximum atomic E-state index is 5.90. The molecule has 0 bridgehead atoms. The zero-order chi connectivity index (χ0) is 78.6. The SMILES string of the molecule is CCC1(Nc2ncnc3c(OC)c(OC)ccc23)CCOC1.COc1ccc2c(N(C)C3(C)CCOC3)ncnc2c1OC.COc1ccc2c(N(C)C3CCOC3C)ncnc2c1OC.COc1ccc2c(NC3CCOC3(C)C)ncnc2c1OC.COc1ccc2c(NC3CCOC3C3CC3)ncnc2c1OC. The van der Waals surface area contributed by atoms with E-state index in [0.717, 1.165) is 155 Å². The minimum Gasteiger partial charge on any atom is -0.493 e. The predicted molar refractivity (Wildman–Crippen MR) is 426 cm³/mol. The molecular weight excluding hydrogens is 1420 g/mol. The van der Waals surface area contributed by atoms with Crippen LogP contribution in [0.15, 0.2) is 92.3 Å². The molecule has 7 unspecified atom stereocenters. The summed E-state index contributed by atoms with van der Waals surface area (Å²) in [5.41, 5.74) is 3.40. The number of aromatic nitrogens is 10. The smallest absolute Gasteiger partial charge is 0.187 e. The number of hydrogen-bond acceptors (Lipinski definition) is 30. The highest BCUT2D eigenvalue weighted by Gasteiger charge is 2.42. The molecular formula is C81H105N15O15. The highest BCUT2D eigenvalue weighted by molar-refractivity contribution is 5.98. The summed E-state index contributed by atoms with van der Waals surface area (Å²) in [5, 5.41) is 15.3. The average molecular weight is 1530 g/mol. The van der Waals surface area contributed by atoms with Crippen molar-refractivity contribution >= 4 is 83.6 Å². The minimum absolute atomic E-state index is 0.0611. The van der Waals surface area contributed by atoms with Crippen molar-refractivity contribution in [3.8, 4) is 57.5 Å². The van der Waals surface area contributed by atoms with E-state index in [1.807, 2.05) is 74.8 Å². The average Bonchev–Trinajstić information content (AvgIpc) is 1.76. The maximum Gasteiger partial charge on any atom is 0.187 e. The van der Waals surface area contributed by atoms with Crippen LogP contribution < -0.4 is 73.1 Å². The van der Waals surface area contributed by atoms with Crippen molar-refractivity contribution in [1.82, 2.24) is 49.8 Å². The Labute approximate surface area is 647 Å². The molecule has 10 aromatic rings. The molecule has 5 saturated heterocycles. The highest BCUT2D eigenvalue weighted by atomic mass is 16.5. The van der Waals surface area contributed by atoms with Gasteiger partial charge in [0.2, 0.25) is 0 Å². The molecule has 0 amide bonds. The van der Waals surface area contributed by atoms with Gasteiger partial charge < -0.3 is 96.8 Å². The molecule has 5 aliphatic heterocycles. The Hall–Kier alpha value is -10.4. The molecule has 0 radical (unpaired) electrons. The Morgan fingerprint density at radius 3 is 1.27 bits per heavy atom. The van der Waals surface area contributed by atoms with Crippen LogP contribution in [0.5, 0.6) is 57.5 Å². The largest absolute Gasteiger partial charge is 0.493 e. The number of nitrogens with one attached hydrogen (secondary N) is 3. The van der Waals surface area contributed by atoms with Gasteiger partial charge in [0.25, 0.3) is 0 Å². The summed E-state index contributed by atoms with van der Waals surface area (Å²) in [7, 11) is 20.3. The van der Waals surface area contributed by atoms with E-state index in [2.05, 4.69) is 110 Å². The van der Waals surface area contributed by atoms with Gasteiger partial charge in [-0.2, -0.15) is 0 Å². The Bertz CT molecular complexity index is 4810. The summed E-state index contributed by atoms with van der Waals surface area (Å²) in [4.78, 5) is 48.4. The molecule has 30 nitrogen and oxygen atoms in total. The first-order valence-corrected chi connectivity index (χ1v) is 37.5. The highest BCUT2D eigenvalue weighted by Crippen LogP contribution is 2.45. The fraction of sp³-hybridized carbons (Fsp3) is 0.506. The molecule has 10 heterocycles. The summed E-state index contributed by atoms with van der Waals surface area (Å²) in [6.45, 7) is 15.9. The number of methoxy groups -OCH3 is 10. The number of hydrogen-bond donors (Lipinski definition) is 3. The van der Waals surface area contributed by atoms with Gasteiger partial charge in [-0.15, -0.1) is 0 Å². The standard InChI is InChI=1S/C17H21N3O3.4C16H21N3O3/c1-21-13-6-5-11-14(16(13)22-2)18-9-19-17(11)20-12-7-8-23-15(12)10-3-4-10;1-16(7-8-22-9-16)19(2)15-11-5-6-12(20-3)14(21-4)13(11)17-10-18-15;1-16(2)12(7-8-22-16)19-15-10-5-6-11(20-3)14(21-4)13(10)17-9-18-15;1-10-12(7-8-22-10)19(2)16-11-5-6-13(20-3)15(21-4)14(11)17-9-18-16;1-4-16(7-8-22-9-16)19-15-11-5-6-12(20-2)14(21-3)13(11)17-10-18-15/h5-6,9-10,12,15H,3-4,7-8H2,1-2H3,(H,18,19,20);5-6,10H,7-9H2,1-4H3;5-6,9,12H,7-8H2,1-4H3,(H,17,18,19);5-6,9-10,12H,7-8H2,1-4H3;5-6,10H,4,7-9H2,1-3H3,(H,17,18,19). The first-order valence-electron chi connectivity index (χ1n) is 37.5. The first kappa shape index (κ1) is 80.1. The van der Waals surface area contributed by atoms with Crippen LogP contribution in [-0.2, 0) is 23.7 Å². The number of ether oxygens (including phenoxy) is 15. The first-order chi connectivity index (χ1) is 53.9. The molecule has 594 valence electrons. The van der Waals surface area contributed by atoms with Gasteiger partial charge in [0.15, 0.2) is 57.5 Å². The lowest BCUT2D eigenvalue weighted by molar-refractivity contribution is 0.0314. The van der Waals surface area contributed by atoms with E-state index >= 15 is 0 Å². The zero-order valence-electron chi connectivity index (χ0n) is 66.7. The molecule has 7 atom stereocenters. The number of likely N-dealkylation sites (N-methyl/N-ethyl adjacent to an activating group) is 2. The second-order valence-corrected chi connectivity index (χ2v) is 28.7. The molecule has 3 N–H and O–H groups in total. The van der Waals surface area contributed by atoms with Crippen molar-refractivity contribution in [3.63, 3.8) is 0 Å². The molecule has 6 aliphatic rings. The summed E-state index contributed by atoms with van der Waals surface area (Å²) in [6.07, 6.45) is 16.7. The fourth-order valence-corrected chi connectivity index (χ4v) is 15.1. The number of rotatable bonds is 22. The molecule has 0 spiro atoms. The zero-order valence-corrected chi connectivity index (χ0v) is 66.7. The van der Waals surface area contributed by atoms with Gasteiger partial charge in [-0.05, 0) is 146 Å². The normalized spacial score (nSPS) is 21.5. The fourth-order valence-electron chi connectivity index (χ4n) is 15.1. The Balaban J connectivity index is 0.000000129. The Kier molecular flexibility index (Phi) is 25.8. The second-order valence-electron chi connectivity index (χ2n) is 28.7. The molecule has 5 aromatic carbocycles. The molecule has 1 aliphatic carbocycles. The van der Waals surface area contributed by atoms with E-state index in [1.54, 1.807) is 96.4 Å². The van der Waals surface area contributed by atoms with Gasteiger partial charge in [-0.3, -0.25) is 0 Å². The summed E-state index contributed by atoms with van der Waals surface area (Å²) >= 11 is 0. The summed E-state index contributed by atoms with van der Waals surface area (Å²) < 4.78 is 82.5. The van der Waals surface area contributed by atoms with Crippen molar-refractivity contribution in [1.29, 1.82) is 0 Å². The Morgan fingerprint density at radius 2 is 0.856 bits per heavy atom. The second kappa shape index (κ2) is 35.7. The summed E-state index contributed by atoms with van der Waals surface area (Å²) in [6, 6.07) is 20.1. The van der Waals surface area contributed by atoms with Crippen LogP contribution in [0.1, 0.15) is 86.0 Å². The monoisotopic (exact) mass is 1530 g/mol. The number of nitrogens with zero attached hydrogens (tertiary/aromatic N) is 12. The van der Waals surface area contributed by atoms with Crippen molar-refractivity contribution in [2.24, 2.45) is 5.92 Å². The molecule has 1 saturated carbocycles. The minimum atomic E-state index is -0.214. The predicted octanol–water partition coefficient (Wildman–Crippen LogP) is 12.4. The van der Waals surface area contributed by atoms with E-state index in [0.29, 0.717) is 94.8 Å². The van der Waals surface area contributed by atoms with E-state index < -0.39 is 0 Å². The quantitative estimate of drug-likeness (QED) is 0.0568. The molecule has 16 rings (SSSR count). The third kappa shape index (κ3) is 16.9. The van der Waals surface area contributed by atoms with Crippen LogP contribution in [0.2, 0.25) is 0 Å². The third-order valence-corrected chi connectivity index (χ3v) is 21.9. The number of fused-ring (bicyclic) bond motifs is 5. The van der Waals surface area contributed by atoms with Crippen LogP contribution >= 0.6 is 0 Å². The van der Waals surface area contributed by atoms with Gasteiger partial charge >= 0.3 is 0 Å². The van der Waals surface area contributed by atoms with Crippen molar-refractivity contribution < 1.29 is 71.1 Å². The molecule has 30 heteroatoms. The summed E-state index contributed by atoms with van der Waals surface area (Å²) in [5.74, 6) is 11.3. The van der Waals surface area contributed by atoms with Gasteiger partial charge in [-0.25, -0.2) is 49.8 Å². The van der Waals surface area contributed by atoms with E-state index in [-0.39, 0.29) is 28.8 Å².